The molecule has 1 unspecified atom stereocenters. The Morgan fingerprint density at radius 2 is 1.96 bits per heavy atom. The fourth-order valence-electron chi connectivity index (χ4n) is 5.48. The van der Waals surface area contributed by atoms with Crippen molar-refractivity contribution in [2.24, 2.45) is 23.2 Å². The van der Waals surface area contributed by atoms with Crippen molar-refractivity contribution in [3.05, 3.63) is 0 Å². The molecule has 1 aliphatic heterocycles. The Bertz CT molecular complexity index is 541. The zero-order valence-corrected chi connectivity index (χ0v) is 17.8. The van der Waals surface area contributed by atoms with Crippen molar-refractivity contribution in [3.63, 3.8) is 0 Å². The van der Waals surface area contributed by atoms with Gasteiger partial charge in [0.1, 0.15) is 5.60 Å². The Labute approximate surface area is 159 Å². The predicted molar refractivity (Wildman–Crippen MR) is 104 cm³/mol. The smallest absolute Gasteiger partial charge is 0.457 e. The van der Waals surface area contributed by atoms with Crippen molar-refractivity contribution in [3.8, 4) is 0 Å². The van der Waals surface area contributed by atoms with E-state index in [1.54, 1.807) is 0 Å². The molecular weight excluding hydrogens is 327 g/mol. The zero-order chi connectivity index (χ0) is 19.3. The van der Waals surface area contributed by atoms with Gasteiger partial charge in [0, 0.05) is 6.42 Å². The van der Waals surface area contributed by atoms with E-state index in [2.05, 4.69) is 27.7 Å². The van der Waals surface area contributed by atoms with Crippen LogP contribution in [0.15, 0.2) is 0 Å². The van der Waals surface area contributed by atoms with Crippen molar-refractivity contribution in [1.82, 2.24) is 0 Å². The number of hydrogen-bond donors (Lipinski definition) is 0. The minimum absolute atomic E-state index is 0.0751. The van der Waals surface area contributed by atoms with Crippen molar-refractivity contribution in [2.45, 2.75) is 104 Å². The van der Waals surface area contributed by atoms with Crippen molar-refractivity contribution in [2.75, 3.05) is 0 Å². The molecule has 0 radical (unpaired) electrons. The van der Waals surface area contributed by atoms with Crippen LogP contribution >= 0.6 is 0 Å². The van der Waals surface area contributed by atoms with E-state index in [1.165, 1.54) is 6.42 Å². The standard InChI is InChI=1S/C21H37BO4/c1-14(11-18(23)24-19(2,3)4)9-8-10-22-25-17-13-15-12-16(20(15,5)6)21(17,7)26-22/h14-17H,8-13H2,1-7H3/t14?,15-,16-,17+,21-/m0/s1. The summed E-state index contributed by atoms with van der Waals surface area (Å²) in [5.74, 6) is 1.64. The van der Waals surface area contributed by atoms with Crippen LogP contribution < -0.4 is 0 Å². The highest BCUT2D eigenvalue weighted by Gasteiger charge is 2.67. The lowest BCUT2D eigenvalue weighted by molar-refractivity contribution is -0.199. The minimum Gasteiger partial charge on any atom is -0.460 e. The van der Waals surface area contributed by atoms with Crippen LogP contribution in [0.25, 0.3) is 0 Å². The van der Waals surface area contributed by atoms with Gasteiger partial charge in [-0.2, -0.15) is 0 Å². The molecule has 0 N–H and O–H groups in total. The maximum absolute atomic E-state index is 11.9. The molecule has 4 aliphatic rings. The number of rotatable bonds is 6. The van der Waals surface area contributed by atoms with Crippen LogP contribution in [0.5, 0.6) is 0 Å². The fraction of sp³-hybridized carbons (Fsp3) is 0.952. The van der Waals surface area contributed by atoms with Gasteiger partial charge in [0.05, 0.1) is 11.7 Å². The number of esters is 1. The highest BCUT2D eigenvalue weighted by Crippen LogP contribution is 2.65. The Hall–Kier alpha value is -0.545. The van der Waals surface area contributed by atoms with Crippen LogP contribution in [0.2, 0.25) is 6.32 Å². The van der Waals surface area contributed by atoms with Gasteiger partial charge in [-0.3, -0.25) is 4.79 Å². The predicted octanol–water partition coefficient (Wildman–Crippen LogP) is 4.86. The molecule has 0 amide bonds. The topological polar surface area (TPSA) is 44.8 Å². The first-order chi connectivity index (χ1) is 11.9. The number of hydrogen-bond acceptors (Lipinski definition) is 4. The van der Waals surface area contributed by atoms with Gasteiger partial charge in [0.15, 0.2) is 0 Å². The third-order valence-corrected chi connectivity index (χ3v) is 7.07. The third-order valence-electron chi connectivity index (χ3n) is 7.07. The largest absolute Gasteiger partial charge is 0.460 e. The van der Waals surface area contributed by atoms with E-state index < -0.39 is 5.60 Å². The molecule has 0 aromatic heterocycles. The molecule has 5 atom stereocenters. The number of carbonyl (C=O) groups is 1. The molecule has 3 saturated carbocycles. The molecule has 3 aliphatic carbocycles. The van der Waals surface area contributed by atoms with Crippen LogP contribution in [0, 0.1) is 23.2 Å². The Morgan fingerprint density at radius 3 is 2.58 bits per heavy atom. The summed E-state index contributed by atoms with van der Waals surface area (Å²) >= 11 is 0. The minimum atomic E-state index is -0.400. The SMILES string of the molecule is CC(CCCB1O[C@@H]2C[C@@H]3C[C@@H](C3(C)C)[C@]2(C)O1)CC(=O)OC(C)(C)C. The second-order valence-corrected chi connectivity index (χ2v) is 10.7. The lowest BCUT2D eigenvalue weighted by atomic mass is 9.43. The van der Waals surface area contributed by atoms with Gasteiger partial charge in [-0.05, 0) is 70.0 Å². The van der Waals surface area contributed by atoms with Gasteiger partial charge < -0.3 is 14.0 Å². The van der Waals surface area contributed by atoms with E-state index in [0.717, 1.165) is 31.5 Å². The molecule has 1 saturated heterocycles. The monoisotopic (exact) mass is 364 g/mol. The van der Waals surface area contributed by atoms with Crippen molar-refractivity contribution < 1.29 is 18.8 Å². The average molecular weight is 364 g/mol. The molecule has 0 spiro atoms. The lowest BCUT2D eigenvalue weighted by Crippen LogP contribution is -2.65. The first kappa shape index (κ1) is 20.2. The molecule has 4 fully saturated rings. The number of carbonyl (C=O) groups excluding carboxylic acids is 1. The highest BCUT2D eigenvalue weighted by atomic mass is 16.7. The molecule has 0 aromatic rings. The second kappa shape index (κ2) is 6.81. The molecule has 2 bridgehead atoms. The van der Waals surface area contributed by atoms with Crippen LogP contribution in [-0.2, 0) is 18.8 Å². The molecule has 5 heteroatoms. The molecule has 4 rings (SSSR count). The summed E-state index contributed by atoms with van der Waals surface area (Å²) in [6, 6.07) is 0. The lowest BCUT2D eigenvalue weighted by Gasteiger charge is -2.64. The van der Waals surface area contributed by atoms with E-state index in [-0.39, 0.29) is 24.8 Å². The molecule has 0 aromatic carbocycles. The van der Waals surface area contributed by atoms with Gasteiger partial charge in [-0.1, -0.05) is 33.6 Å². The Kier molecular flexibility index (Phi) is 5.29. The second-order valence-electron chi connectivity index (χ2n) is 10.7. The summed E-state index contributed by atoms with van der Waals surface area (Å²) in [6.07, 6.45) is 6.14. The molecule has 1 heterocycles. The molecule has 4 nitrogen and oxygen atoms in total. The van der Waals surface area contributed by atoms with Crippen molar-refractivity contribution in [1.29, 1.82) is 0 Å². The van der Waals surface area contributed by atoms with E-state index in [1.807, 2.05) is 20.8 Å². The van der Waals surface area contributed by atoms with Gasteiger partial charge >= 0.3 is 13.1 Å². The summed E-state index contributed by atoms with van der Waals surface area (Å²) in [7, 11) is -0.0751. The van der Waals surface area contributed by atoms with Crippen LogP contribution in [0.4, 0.5) is 0 Å². The zero-order valence-electron chi connectivity index (χ0n) is 17.8. The van der Waals surface area contributed by atoms with E-state index in [4.69, 9.17) is 14.0 Å². The van der Waals surface area contributed by atoms with Gasteiger partial charge in [0.25, 0.3) is 0 Å². The number of ether oxygens (including phenoxy) is 1. The van der Waals surface area contributed by atoms with Gasteiger partial charge in [-0.15, -0.1) is 0 Å². The fourth-order valence-corrected chi connectivity index (χ4v) is 5.48. The maximum atomic E-state index is 11.9. The maximum Gasteiger partial charge on any atom is 0.457 e. The molecule has 148 valence electrons. The van der Waals surface area contributed by atoms with Gasteiger partial charge in [0.2, 0.25) is 0 Å². The first-order valence-corrected chi connectivity index (χ1v) is 10.5. The normalized spacial score (nSPS) is 36.3. The molecule has 26 heavy (non-hydrogen) atoms. The van der Waals surface area contributed by atoms with Crippen LogP contribution in [0.1, 0.15) is 80.6 Å². The first-order valence-electron chi connectivity index (χ1n) is 10.5. The summed E-state index contributed by atoms with van der Waals surface area (Å²) in [6.45, 7) is 14.9. The molecular formula is C21H37BO4. The summed E-state index contributed by atoms with van der Waals surface area (Å²) in [4.78, 5) is 11.9. The van der Waals surface area contributed by atoms with E-state index >= 15 is 0 Å². The Balaban J connectivity index is 1.41. The van der Waals surface area contributed by atoms with Crippen LogP contribution in [-0.4, -0.2) is 30.4 Å². The van der Waals surface area contributed by atoms with Crippen LogP contribution in [0.3, 0.4) is 0 Å². The van der Waals surface area contributed by atoms with E-state index in [0.29, 0.717) is 23.7 Å². The summed E-state index contributed by atoms with van der Waals surface area (Å²) < 4.78 is 18.1. The Morgan fingerprint density at radius 1 is 1.27 bits per heavy atom. The highest BCUT2D eigenvalue weighted by molar-refractivity contribution is 6.45. The quantitative estimate of drug-likeness (QED) is 0.499. The average Bonchev–Trinajstić information content (AvgIpc) is 2.80. The summed E-state index contributed by atoms with van der Waals surface area (Å²) in [5, 5.41) is 0. The van der Waals surface area contributed by atoms with Gasteiger partial charge in [-0.25, -0.2) is 0 Å². The van der Waals surface area contributed by atoms with E-state index in [9.17, 15) is 4.79 Å². The van der Waals surface area contributed by atoms with Crippen molar-refractivity contribution >= 4 is 13.1 Å². The third kappa shape index (κ3) is 3.85. The summed E-state index contributed by atoms with van der Waals surface area (Å²) in [5.41, 5.74) is -0.112.